The van der Waals surface area contributed by atoms with Crippen LogP contribution in [0.3, 0.4) is 0 Å². The number of nitrogens with one attached hydrogen (secondary N) is 2. The van der Waals surface area contributed by atoms with Gasteiger partial charge in [0.2, 0.25) is 0 Å². The molecule has 0 fully saturated rings. The zero-order valence-electron chi connectivity index (χ0n) is 5.94. The molecule has 0 bridgehead atoms. The molecule has 3 nitrogen and oxygen atoms in total. The van der Waals surface area contributed by atoms with E-state index in [0.717, 1.165) is 6.54 Å². The molecule has 0 amide bonds. The van der Waals surface area contributed by atoms with E-state index in [1.165, 1.54) is 0 Å². The monoisotopic (exact) mass is 127 g/mol. The zero-order chi connectivity index (χ0) is 7.11. The Kier molecular flexibility index (Phi) is 4.78. The van der Waals surface area contributed by atoms with E-state index < -0.39 is 0 Å². The molecule has 0 aromatic carbocycles. The van der Waals surface area contributed by atoms with Gasteiger partial charge in [0.05, 0.1) is 6.34 Å². The van der Waals surface area contributed by atoms with Crippen LogP contribution in [0.1, 0.15) is 20.3 Å². The second kappa shape index (κ2) is 5.28. The second-order valence-electron chi connectivity index (χ2n) is 1.62. The van der Waals surface area contributed by atoms with Gasteiger partial charge in [-0.1, -0.05) is 6.92 Å². The summed E-state index contributed by atoms with van der Waals surface area (Å²) in [6, 6.07) is 0. The Morgan fingerprint density at radius 1 is 1.67 bits per heavy atom. The van der Waals surface area contributed by atoms with Gasteiger partial charge in [-0.2, -0.15) is 0 Å². The van der Waals surface area contributed by atoms with Crippen LogP contribution in [0.25, 0.3) is 0 Å². The van der Waals surface area contributed by atoms with Crippen LogP contribution in [0.4, 0.5) is 0 Å². The molecule has 0 aliphatic heterocycles. The fraction of sp³-hybridized carbons (Fsp3) is 0.667. The maximum Gasteiger partial charge on any atom is 0.121 e. The first-order chi connectivity index (χ1) is 4.31. The van der Waals surface area contributed by atoms with Crippen molar-refractivity contribution >= 4 is 12.2 Å². The van der Waals surface area contributed by atoms with Crippen LogP contribution in [-0.2, 0) is 0 Å². The molecule has 0 unspecified atom stereocenters. The SMILES string of the molecule is CCN/C=N\C(=N)CC. The molecule has 0 aromatic rings. The average Bonchev–Trinajstić information content (AvgIpc) is 1.89. The van der Waals surface area contributed by atoms with Crippen molar-refractivity contribution in [2.75, 3.05) is 6.54 Å². The van der Waals surface area contributed by atoms with Gasteiger partial charge >= 0.3 is 0 Å². The number of nitrogens with zero attached hydrogens (tertiary/aromatic N) is 1. The summed E-state index contributed by atoms with van der Waals surface area (Å²) in [5, 5.41) is 9.96. The first-order valence-electron chi connectivity index (χ1n) is 3.14. The fourth-order valence-electron chi connectivity index (χ4n) is 0.306. The van der Waals surface area contributed by atoms with E-state index in [9.17, 15) is 0 Å². The van der Waals surface area contributed by atoms with Gasteiger partial charge in [-0.25, -0.2) is 4.99 Å². The van der Waals surface area contributed by atoms with Crippen molar-refractivity contribution in [3.05, 3.63) is 0 Å². The molecule has 52 valence electrons. The van der Waals surface area contributed by atoms with E-state index >= 15 is 0 Å². The van der Waals surface area contributed by atoms with Crippen molar-refractivity contribution in [1.82, 2.24) is 5.32 Å². The number of rotatable bonds is 3. The van der Waals surface area contributed by atoms with Gasteiger partial charge in [0.25, 0.3) is 0 Å². The Balaban J connectivity index is 3.32. The summed E-state index contributed by atoms with van der Waals surface area (Å²) >= 11 is 0. The summed E-state index contributed by atoms with van der Waals surface area (Å²) < 4.78 is 0. The molecule has 3 heteroatoms. The van der Waals surface area contributed by atoms with E-state index in [-0.39, 0.29) is 0 Å². The quantitative estimate of drug-likeness (QED) is 0.431. The molecule has 0 spiro atoms. The van der Waals surface area contributed by atoms with E-state index in [1.807, 2.05) is 13.8 Å². The van der Waals surface area contributed by atoms with Crippen molar-refractivity contribution < 1.29 is 0 Å². The third-order valence-corrected chi connectivity index (χ3v) is 0.851. The lowest BCUT2D eigenvalue weighted by molar-refractivity contribution is 0.987. The first-order valence-corrected chi connectivity index (χ1v) is 3.14. The lowest BCUT2D eigenvalue weighted by Crippen LogP contribution is -2.10. The van der Waals surface area contributed by atoms with Gasteiger partial charge < -0.3 is 5.32 Å². The second-order valence-corrected chi connectivity index (χ2v) is 1.62. The molecule has 0 heterocycles. The summed E-state index contributed by atoms with van der Waals surface area (Å²) in [6.07, 6.45) is 2.26. The molecule has 0 saturated carbocycles. The Morgan fingerprint density at radius 3 is 2.78 bits per heavy atom. The predicted octanol–water partition coefficient (Wildman–Crippen LogP) is 1.01. The van der Waals surface area contributed by atoms with Crippen molar-refractivity contribution in [2.45, 2.75) is 20.3 Å². The van der Waals surface area contributed by atoms with Crippen molar-refractivity contribution in [3.63, 3.8) is 0 Å². The highest BCUT2D eigenvalue weighted by molar-refractivity contribution is 5.86. The zero-order valence-corrected chi connectivity index (χ0v) is 5.94. The molecule has 0 saturated heterocycles. The van der Waals surface area contributed by atoms with E-state index in [0.29, 0.717) is 12.3 Å². The van der Waals surface area contributed by atoms with Crippen LogP contribution < -0.4 is 5.32 Å². The molecule has 9 heavy (non-hydrogen) atoms. The molecular weight excluding hydrogens is 114 g/mol. The van der Waals surface area contributed by atoms with Gasteiger partial charge in [-0.15, -0.1) is 0 Å². The minimum absolute atomic E-state index is 0.413. The smallest absolute Gasteiger partial charge is 0.121 e. The van der Waals surface area contributed by atoms with Crippen LogP contribution in [0.5, 0.6) is 0 Å². The van der Waals surface area contributed by atoms with Crippen LogP contribution >= 0.6 is 0 Å². The molecule has 0 rings (SSSR count). The Hall–Kier alpha value is -0.860. The third-order valence-electron chi connectivity index (χ3n) is 0.851. The number of aliphatic imine (C=N–C) groups is 1. The first kappa shape index (κ1) is 8.14. The Labute approximate surface area is 55.7 Å². The number of hydrogen-bond acceptors (Lipinski definition) is 1. The maximum absolute atomic E-state index is 7.08. The molecule has 0 radical (unpaired) electrons. The molecule has 0 aromatic heterocycles. The van der Waals surface area contributed by atoms with Crippen LogP contribution in [0, 0.1) is 5.41 Å². The largest absolute Gasteiger partial charge is 0.376 e. The van der Waals surface area contributed by atoms with Crippen molar-refractivity contribution in [2.24, 2.45) is 4.99 Å². The summed E-state index contributed by atoms with van der Waals surface area (Å²) in [5.74, 6) is 0.413. The maximum atomic E-state index is 7.08. The lowest BCUT2D eigenvalue weighted by atomic mass is 10.5. The standard InChI is InChI=1S/C6H13N3/c1-3-6(7)9-5-8-4-2/h5H,3-4H2,1-2H3,(H2,7,8,9). The van der Waals surface area contributed by atoms with Gasteiger partial charge in [0, 0.05) is 13.0 Å². The average molecular weight is 127 g/mol. The normalized spacial score (nSPS) is 10.0. The molecule has 0 atom stereocenters. The van der Waals surface area contributed by atoms with Crippen molar-refractivity contribution in [1.29, 1.82) is 5.41 Å². The number of amidine groups is 1. The minimum atomic E-state index is 0.413. The highest BCUT2D eigenvalue weighted by atomic mass is 14.9. The van der Waals surface area contributed by atoms with E-state index in [2.05, 4.69) is 10.3 Å². The Bertz CT molecular complexity index is 107. The van der Waals surface area contributed by atoms with Gasteiger partial charge in [0.15, 0.2) is 0 Å². The molecule has 0 aliphatic carbocycles. The summed E-state index contributed by atoms with van der Waals surface area (Å²) in [7, 11) is 0. The summed E-state index contributed by atoms with van der Waals surface area (Å²) in [5.41, 5.74) is 0. The van der Waals surface area contributed by atoms with Crippen LogP contribution in [-0.4, -0.2) is 18.7 Å². The van der Waals surface area contributed by atoms with Gasteiger partial charge in [-0.3, -0.25) is 5.41 Å². The minimum Gasteiger partial charge on any atom is -0.376 e. The Morgan fingerprint density at radius 2 is 2.33 bits per heavy atom. The van der Waals surface area contributed by atoms with E-state index in [1.54, 1.807) is 6.34 Å². The third kappa shape index (κ3) is 5.00. The molecular formula is C6H13N3. The molecule has 2 N–H and O–H groups in total. The van der Waals surface area contributed by atoms with Crippen molar-refractivity contribution in [3.8, 4) is 0 Å². The van der Waals surface area contributed by atoms with E-state index in [4.69, 9.17) is 5.41 Å². The van der Waals surface area contributed by atoms with Gasteiger partial charge in [0.1, 0.15) is 5.84 Å². The summed E-state index contributed by atoms with van der Waals surface area (Å²) in [6.45, 7) is 4.76. The predicted molar refractivity (Wildman–Crippen MR) is 40.2 cm³/mol. The highest BCUT2D eigenvalue weighted by Crippen LogP contribution is 1.79. The lowest BCUT2D eigenvalue weighted by Gasteiger charge is -1.90. The van der Waals surface area contributed by atoms with Gasteiger partial charge in [-0.05, 0) is 6.92 Å². The summed E-state index contributed by atoms with van der Waals surface area (Å²) in [4.78, 5) is 3.78. The van der Waals surface area contributed by atoms with Crippen LogP contribution in [0.2, 0.25) is 0 Å². The number of hydrogen-bond donors (Lipinski definition) is 2. The molecule has 0 aliphatic rings. The van der Waals surface area contributed by atoms with Crippen LogP contribution in [0.15, 0.2) is 4.99 Å². The topological polar surface area (TPSA) is 48.2 Å². The highest BCUT2D eigenvalue weighted by Gasteiger charge is 1.81. The fourth-order valence-corrected chi connectivity index (χ4v) is 0.306.